The normalized spacial score (nSPS) is 35.8. The van der Waals surface area contributed by atoms with Crippen molar-refractivity contribution in [2.45, 2.75) is 37.5 Å². The number of amides is 1. The average Bonchev–Trinajstić information content (AvgIpc) is 3.57. The van der Waals surface area contributed by atoms with Crippen LogP contribution in [0.4, 0.5) is 0 Å². The van der Waals surface area contributed by atoms with Crippen LogP contribution in [0.2, 0.25) is 0 Å². The van der Waals surface area contributed by atoms with Crippen LogP contribution in [0.1, 0.15) is 30.0 Å². The molecule has 48 heavy (non-hydrogen) atoms. The number of benzene rings is 2. The smallest absolute Gasteiger partial charge is 0.504 e. The molecule has 2 saturated heterocycles. The Morgan fingerprint density at radius 2 is 1.73 bits per heavy atom. The third kappa shape index (κ3) is 4.10. The van der Waals surface area contributed by atoms with Crippen molar-refractivity contribution in [2.75, 3.05) is 47.1 Å². The quantitative estimate of drug-likeness (QED) is 0.191. The summed E-state index contributed by atoms with van der Waals surface area (Å²) >= 11 is 0. The van der Waals surface area contributed by atoms with Crippen molar-refractivity contribution < 1.29 is 53.6 Å². The van der Waals surface area contributed by atoms with Gasteiger partial charge in [-0.1, -0.05) is 47.4 Å². The van der Waals surface area contributed by atoms with E-state index in [1.807, 2.05) is 31.2 Å². The minimum absolute atomic E-state index is 0.0216. The summed E-state index contributed by atoms with van der Waals surface area (Å²) in [5.41, 5.74) is -3.93. The van der Waals surface area contributed by atoms with Crippen molar-refractivity contribution >= 4 is 35.4 Å². The van der Waals surface area contributed by atoms with E-state index in [4.69, 9.17) is 9.31 Å². The van der Waals surface area contributed by atoms with Crippen LogP contribution < -0.4 is 10.8 Å². The number of aryl methyl sites for hydroxylation is 1. The van der Waals surface area contributed by atoms with E-state index in [0.717, 1.165) is 11.0 Å². The van der Waals surface area contributed by atoms with E-state index in [-0.39, 0.29) is 28.6 Å². The number of quaternary nitrogens is 1. The van der Waals surface area contributed by atoms with Crippen molar-refractivity contribution in [1.82, 2.24) is 10.2 Å². The molecule has 13 nitrogen and oxygen atoms in total. The molecule has 6 N–H and O–H groups in total. The minimum atomic E-state index is -2.80. The predicted molar refractivity (Wildman–Crippen MR) is 172 cm³/mol. The van der Waals surface area contributed by atoms with Crippen LogP contribution in [0.3, 0.4) is 0 Å². The Morgan fingerprint density at radius 1 is 1.06 bits per heavy atom. The second kappa shape index (κ2) is 10.7. The Hall–Kier alpha value is -4.05. The molecule has 2 aliphatic heterocycles. The van der Waals surface area contributed by atoms with Crippen molar-refractivity contribution in [3.8, 4) is 5.75 Å². The van der Waals surface area contributed by atoms with Crippen LogP contribution in [-0.4, -0.2) is 118 Å². The molecule has 0 spiro atoms. The first-order chi connectivity index (χ1) is 22.6. The van der Waals surface area contributed by atoms with Crippen LogP contribution in [0.15, 0.2) is 59.4 Å². The van der Waals surface area contributed by atoms with Gasteiger partial charge < -0.3 is 44.6 Å². The molecule has 0 unspecified atom stereocenters. The van der Waals surface area contributed by atoms with Crippen LogP contribution in [0, 0.1) is 18.8 Å². The van der Waals surface area contributed by atoms with Gasteiger partial charge in [-0.05, 0) is 46.0 Å². The number of hydrogen-bond donors (Lipinski definition) is 6. The molecule has 3 fully saturated rings. The Balaban J connectivity index is 1.29. The van der Waals surface area contributed by atoms with Crippen LogP contribution in [0.25, 0.3) is 5.76 Å². The number of nitrogens with one attached hydrogen (secondary N) is 1. The fraction of sp³-hybridized carbons (Fsp3) is 0.441. The number of aliphatic hydroxyl groups excluding tert-OH is 2. The van der Waals surface area contributed by atoms with Crippen LogP contribution >= 0.6 is 0 Å². The lowest BCUT2D eigenvalue weighted by Gasteiger charge is -2.53. The molecular formula is C34H40BN3O10. The highest BCUT2D eigenvalue weighted by atomic mass is 16.6. The fourth-order valence-corrected chi connectivity index (χ4v) is 9.09. The van der Waals surface area contributed by atoms with Gasteiger partial charge in [0, 0.05) is 17.4 Å². The standard InChI is InChI=1S/C34H40BN3O10/c1-18-7-5-8-19(15-18)35-38(11-13-47-35,12-14-48-35)17-36-32(44)26-29(41)27(37(3)4)22-16-21-25(30(42)34(22,46)31(26)43)28(40)24-20(33(21,2)45)9-6-10-23(24)39/h5-10,15,21-22,27,39-40,43,45-46H,11-14,16-17H2,1-4H3,(H,36,44)/t21-,22+,27-,33-,34+,35?,38?/m1/s1. The zero-order valence-electron chi connectivity index (χ0n) is 27.3. The number of carbonyl (C=O) groups is 3. The first-order valence-corrected chi connectivity index (χ1v) is 16.2. The summed E-state index contributed by atoms with van der Waals surface area (Å²) < 4.78 is 12.7. The monoisotopic (exact) mass is 661 g/mol. The molecule has 0 radical (unpaired) electrons. The highest BCUT2D eigenvalue weighted by Crippen LogP contribution is 2.57. The average molecular weight is 662 g/mol. The number of fused-ring (bicyclic) bond motifs is 4. The van der Waals surface area contributed by atoms with Crippen LogP contribution in [0.5, 0.6) is 5.75 Å². The largest absolute Gasteiger partial charge is 0.508 e. The first kappa shape index (κ1) is 32.5. The lowest BCUT2D eigenvalue weighted by atomic mass is 9.54. The number of phenolic OH excluding ortho intramolecular Hbond substituents is 1. The van der Waals surface area contributed by atoms with Gasteiger partial charge in [-0.3, -0.25) is 19.3 Å². The Labute approximate surface area is 277 Å². The van der Waals surface area contributed by atoms with E-state index in [1.165, 1.54) is 30.0 Å². The van der Waals surface area contributed by atoms with Gasteiger partial charge in [0.2, 0.25) is 5.78 Å². The number of carbonyl (C=O) groups excluding carboxylic acids is 3. The van der Waals surface area contributed by atoms with Gasteiger partial charge >= 0.3 is 6.69 Å². The summed E-state index contributed by atoms with van der Waals surface area (Å²) in [6.07, 6.45) is -0.215. The number of likely N-dealkylation sites (N-methyl/N-ethyl adjacent to an activating group) is 1. The maximum absolute atomic E-state index is 14.4. The molecule has 0 aromatic heterocycles. The summed E-state index contributed by atoms with van der Waals surface area (Å²) in [6, 6.07) is 10.8. The molecule has 2 heterocycles. The summed E-state index contributed by atoms with van der Waals surface area (Å²) in [4.78, 5) is 44.0. The van der Waals surface area contributed by atoms with Gasteiger partial charge in [0.1, 0.15) is 29.5 Å². The summed E-state index contributed by atoms with van der Waals surface area (Å²) in [5, 5.41) is 60.4. The van der Waals surface area contributed by atoms with Gasteiger partial charge in [-0.2, -0.15) is 0 Å². The molecule has 2 aromatic rings. The lowest BCUT2D eigenvalue weighted by molar-refractivity contribution is -0.822. The van der Waals surface area contributed by atoms with Gasteiger partial charge in [0.25, 0.3) is 5.91 Å². The molecule has 2 aromatic carbocycles. The number of ketones is 2. The highest BCUT2D eigenvalue weighted by molar-refractivity contribution is 6.75. The molecule has 254 valence electrons. The number of aliphatic hydroxyl groups is 4. The molecule has 1 amide bonds. The van der Waals surface area contributed by atoms with Gasteiger partial charge in [0.15, 0.2) is 11.4 Å². The molecule has 0 bridgehead atoms. The van der Waals surface area contributed by atoms with E-state index >= 15 is 0 Å². The second-order valence-electron chi connectivity index (χ2n) is 14.3. The molecule has 5 aliphatic rings. The molecule has 5 atom stereocenters. The maximum atomic E-state index is 14.4. The maximum Gasteiger partial charge on any atom is 0.504 e. The van der Waals surface area contributed by atoms with Crippen molar-refractivity contribution in [2.24, 2.45) is 11.8 Å². The van der Waals surface area contributed by atoms with Crippen LogP contribution in [-0.2, 0) is 29.3 Å². The number of aromatic hydroxyl groups is 1. The van der Waals surface area contributed by atoms with E-state index in [1.54, 1.807) is 14.1 Å². The number of Topliss-reactive ketones (excluding diaryl/α,β-unsaturated/α-hetero) is 2. The molecule has 1 saturated carbocycles. The summed E-state index contributed by atoms with van der Waals surface area (Å²) in [6.45, 7) is 3.09. The summed E-state index contributed by atoms with van der Waals surface area (Å²) in [7, 11) is 3.11. The van der Waals surface area contributed by atoms with E-state index in [2.05, 4.69) is 5.32 Å². The topological polar surface area (TPSA) is 186 Å². The van der Waals surface area contributed by atoms with E-state index < -0.39 is 81.7 Å². The van der Waals surface area contributed by atoms with Gasteiger partial charge in [-0.25, -0.2) is 0 Å². The molecule has 14 heteroatoms. The SMILES string of the molecule is Cc1cccc([B-]23OCC[N+]2(CNC(=O)C2=C(O)[C@@]4(O)C(=O)C5=C(O)c6c(O)cccc6[C@@](C)(O)[C@@H]5C[C@H]4[C@@H](N(C)C)C2=O)CCO3)c1. The summed E-state index contributed by atoms with van der Waals surface area (Å²) in [5.74, 6) is -7.52. The number of rotatable bonds is 5. The Morgan fingerprint density at radius 3 is 2.38 bits per heavy atom. The van der Waals surface area contributed by atoms with Gasteiger partial charge in [0.05, 0.1) is 43.5 Å². The molecular weight excluding hydrogens is 621 g/mol. The third-order valence-electron chi connectivity index (χ3n) is 11.5. The van der Waals surface area contributed by atoms with Crippen molar-refractivity contribution in [3.05, 3.63) is 76.1 Å². The van der Waals surface area contributed by atoms with E-state index in [9.17, 15) is 39.9 Å². The van der Waals surface area contributed by atoms with E-state index in [0.29, 0.717) is 26.3 Å². The zero-order valence-corrected chi connectivity index (χ0v) is 27.3. The highest BCUT2D eigenvalue weighted by Gasteiger charge is 2.67. The number of hydrogen-bond acceptors (Lipinski definition) is 11. The molecule has 7 rings (SSSR count). The second-order valence-corrected chi connectivity index (χ2v) is 14.3. The number of phenols is 1. The third-order valence-corrected chi connectivity index (χ3v) is 11.5. The predicted octanol–water partition coefficient (Wildman–Crippen LogP) is 0.249. The zero-order chi connectivity index (χ0) is 34.6. The number of nitrogens with zero attached hydrogens (tertiary/aromatic N) is 2. The van der Waals surface area contributed by atoms with Crippen molar-refractivity contribution in [3.63, 3.8) is 0 Å². The Kier molecular flexibility index (Phi) is 7.26. The van der Waals surface area contributed by atoms with Crippen molar-refractivity contribution in [1.29, 1.82) is 0 Å². The van der Waals surface area contributed by atoms with Gasteiger partial charge in [-0.15, -0.1) is 0 Å². The first-order valence-electron chi connectivity index (χ1n) is 16.2. The fourth-order valence-electron chi connectivity index (χ4n) is 9.09. The Bertz CT molecular complexity index is 1830. The minimum Gasteiger partial charge on any atom is -0.508 e. The molecule has 3 aliphatic carbocycles. The lowest BCUT2D eigenvalue weighted by Crippen LogP contribution is -2.72.